The average Bonchev–Trinajstić information content (AvgIpc) is 2.57. The Hall–Kier alpha value is -1.62. The summed E-state index contributed by atoms with van der Waals surface area (Å²) in [5.41, 5.74) is 0.518. The maximum Gasteiger partial charge on any atom is 0.321 e. The number of benzene rings is 1. The Kier molecular flexibility index (Phi) is 5.72. The zero-order chi connectivity index (χ0) is 16.9. The molecule has 1 aromatic carbocycles. The van der Waals surface area contributed by atoms with Crippen LogP contribution >= 0.6 is 0 Å². The molecule has 0 atom stereocenters. The molecule has 0 radical (unpaired) electrons. The third kappa shape index (κ3) is 4.69. The van der Waals surface area contributed by atoms with Gasteiger partial charge in [0.1, 0.15) is 5.82 Å². The minimum absolute atomic E-state index is 0.120. The summed E-state index contributed by atoms with van der Waals surface area (Å²) in [5.74, 6) is 1.23. The molecule has 2 heterocycles. The molecule has 1 aromatic rings. The molecule has 24 heavy (non-hydrogen) atoms. The van der Waals surface area contributed by atoms with Crippen molar-refractivity contribution in [1.29, 1.82) is 0 Å². The second-order valence-corrected chi connectivity index (χ2v) is 7.35. The van der Waals surface area contributed by atoms with Gasteiger partial charge in [0, 0.05) is 25.3 Å². The van der Waals surface area contributed by atoms with Crippen LogP contribution < -0.4 is 5.32 Å². The highest BCUT2D eigenvalue weighted by molar-refractivity contribution is 5.89. The smallest absolute Gasteiger partial charge is 0.321 e. The molecule has 0 aliphatic carbocycles. The number of rotatable bonds is 3. The first-order chi connectivity index (χ1) is 11.6. The van der Waals surface area contributed by atoms with E-state index in [1.54, 1.807) is 12.1 Å². The number of carbonyl (C=O) groups is 1. The van der Waals surface area contributed by atoms with Crippen molar-refractivity contribution in [2.45, 2.75) is 32.6 Å². The van der Waals surface area contributed by atoms with Crippen LogP contribution in [0, 0.1) is 17.7 Å². The first-order valence-corrected chi connectivity index (χ1v) is 9.14. The van der Waals surface area contributed by atoms with Gasteiger partial charge in [-0.2, -0.15) is 0 Å². The van der Waals surface area contributed by atoms with Gasteiger partial charge in [0.25, 0.3) is 0 Å². The van der Waals surface area contributed by atoms with Crippen LogP contribution in [0.4, 0.5) is 14.9 Å². The van der Waals surface area contributed by atoms with Gasteiger partial charge in [0.2, 0.25) is 0 Å². The van der Waals surface area contributed by atoms with E-state index >= 15 is 0 Å². The number of halogens is 1. The third-order valence-electron chi connectivity index (χ3n) is 5.37. The lowest BCUT2D eigenvalue weighted by atomic mass is 9.93. The second kappa shape index (κ2) is 7.97. The fourth-order valence-corrected chi connectivity index (χ4v) is 3.70. The first kappa shape index (κ1) is 17.2. The van der Waals surface area contributed by atoms with Crippen molar-refractivity contribution in [2.75, 3.05) is 38.0 Å². The van der Waals surface area contributed by atoms with Crippen molar-refractivity contribution in [3.63, 3.8) is 0 Å². The molecule has 1 N–H and O–H groups in total. The van der Waals surface area contributed by atoms with Gasteiger partial charge in [-0.05, 0) is 68.8 Å². The lowest BCUT2D eigenvalue weighted by Gasteiger charge is -2.37. The normalized spacial score (nSPS) is 21.0. The molecule has 4 nitrogen and oxygen atoms in total. The molecule has 0 saturated carbocycles. The van der Waals surface area contributed by atoms with Gasteiger partial charge in [-0.15, -0.1) is 0 Å². The standard InChI is InChI=1S/C19H28FN3O/c1-15-5-9-22(10-6-15)14-16-7-11-23(12-8-16)19(24)21-18-4-2-3-17(20)13-18/h2-4,13,15-16H,5-12,14H2,1H3,(H,21,24). The van der Waals surface area contributed by atoms with Crippen molar-refractivity contribution in [1.82, 2.24) is 9.80 Å². The third-order valence-corrected chi connectivity index (χ3v) is 5.37. The van der Waals surface area contributed by atoms with E-state index < -0.39 is 0 Å². The molecule has 2 fully saturated rings. The topological polar surface area (TPSA) is 35.6 Å². The number of nitrogens with one attached hydrogen (secondary N) is 1. The van der Waals surface area contributed by atoms with Crippen LogP contribution in [0.3, 0.4) is 0 Å². The lowest BCUT2D eigenvalue weighted by molar-refractivity contribution is 0.130. The SMILES string of the molecule is CC1CCN(CC2CCN(C(=O)Nc3cccc(F)c3)CC2)CC1. The molecule has 132 valence electrons. The summed E-state index contributed by atoms with van der Waals surface area (Å²) in [6, 6.07) is 5.93. The van der Waals surface area contributed by atoms with E-state index in [2.05, 4.69) is 17.1 Å². The molecule has 0 unspecified atom stereocenters. The number of hydrogen-bond donors (Lipinski definition) is 1. The summed E-state index contributed by atoms with van der Waals surface area (Å²) in [5, 5.41) is 2.79. The van der Waals surface area contributed by atoms with E-state index in [1.807, 2.05) is 4.90 Å². The van der Waals surface area contributed by atoms with Gasteiger partial charge in [-0.1, -0.05) is 13.0 Å². The number of carbonyl (C=O) groups excluding carboxylic acids is 1. The Morgan fingerprint density at radius 3 is 2.54 bits per heavy atom. The van der Waals surface area contributed by atoms with Crippen LogP contribution in [0.5, 0.6) is 0 Å². The summed E-state index contributed by atoms with van der Waals surface area (Å²) in [7, 11) is 0. The molecular weight excluding hydrogens is 305 g/mol. The summed E-state index contributed by atoms with van der Waals surface area (Å²) in [4.78, 5) is 16.7. The second-order valence-electron chi connectivity index (χ2n) is 7.35. The zero-order valence-corrected chi connectivity index (χ0v) is 14.5. The zero-order valence-electron chi connectivity index (χ0n) is 14.5. The van der Waals surface area contributed by atoms with Crippen LogP contribution in [0.1, 0.15) is 32.6 Å². The first-order valence-electron chi connectivity index (χ1n) is 9.14. The minimum atomic E-state index is -0.331. The number of urea groups is 1. The summed E-state index contributed by atoms with van der Waals surface area (Å²) >= 11 is 0. The summed E-state index contributed by atoms with van der Waals surface area (Å²) < 4.78 is 13.2. The van der Waals surface area contributed by atoms with Crippen LogP contribution in [0.2, 0.25) is 0 Å². The fraction of sp³-hybridized carbons (Fsp3) is 0.632. The van der Waals surface area contributed by atoms with E-state index in [4.69, 9.17) is 0 Å². The van der Waals surface area contributed by atoms with Crippen molar-refractivity contribution in [3.8, 4) is 0 Å². The maximum absolute atomic E-state index is 13.2. The predicted octanol–water partition coefficient (Wildman–Crippen LogP) is 3.80. The number of likely N-dealkylation sites (tertiary alicyclic amines) is 2. The van der Waals surface area contributed by atoms with Crippen molar-refractivity contribution in [2.24, 2.45) is 11.8 Å². The Balaban J connectivity index is 1.42. The van der Waals surface area contributed by atoms with E-state index in [0.29, 0.717) is 11.6 Å². The highest BCUT2D eigenvalue weighted by Gasteiger charge is 2.25. The molecule has 2 saturated heterocycles. The molecule has 0 bridgehead atoms. The van der Waals surface area contributed by atoms with Gasteiger partial charge in [0.05, 0.1) is 0 Å². The number of amides is 2. The highest BCUT2D eigenvalue weighted by Crippen LogP contribution is 2.23. The van der Waals surface area contributed by atoms with Gasteiger partial charge in [-0.3, -0.25) is 0 Å². The van der Waals surface area contributed by atoms with E-state index in [1.165, 1.54) is 44.6 Å². The largest absolute Gasteiger partial charge is 0.325 e. The molecule has 2 aliphatic rings. The molecule has 2 amide bonds. The fourth-order valence-electron chi connectivity index (χ4n) is 3.70. The number of hydrogen-bond acceptors (Lipinski definition) is 2. The van der Waals surface area contributed by atoms with Gasteiger partial charge >= 0.3 is 6.03 Å². The van der Waals surface area contributed by atoms with Crippen LogP contribution in [0.25, 0.3) is 0 Å². The number of nitrogens with zero attached hydrogens (tertiary/aromatic N) is 2. The lowest BCUT2D eigenvalue weighted by Crippen LogP contribution is -2.44. The van der Waals surface area contributed by atoms with Crippen LogP contribution in [0.15, 0.2) is 24.3 Å². The van der Waals surface area contributed by atoms with E-state index in [-0.39, 0.29) is 11.8 Å². The number of anilines is 1. The minimum Gasteiger partial charge on any atom is -0.325 e. The van der Waals surface area contributed by atoms with Crippen molar-refractivity contribution < 1.29 is 9.18 Å². The summed E-state index contributed by atoms with van der Waals surface area (Å²) in [6.45, 7) is 7.54. The monoisotopic (exact) mass is 333 g/mol. The highest BCUT2D eigenvalue weighted by atomic mass is 19.1. The van der Waals surface area contributed by atoms with Crippen LogP contribution in [-0.2, 0) is 0 Å². The predicted molar refractivity (Wildman–Crippen MR) is 94.6 cm³/mol. The Morgan fingerprint density at radius 1 is 1.17 bits per heavy atom. The van der Waals surface area contributed by atoms with E-state index in [9.17, 15) is 9.18 Å². The van der Waals surface area contributed by atoms with E-state index in [0.717, 1.165) is 31.8 Å². The molecule has 0 aromatic heterocycles. The molecule has 3 rings (SSSR count). The average molecular weight is 333 g/mol. The van der Waals surface area contributed by atoms with Gasteiger partial charge in [0.15, 0.2) is 0 Å². The van der Waals surface area contributed by atoms with Crippen LogP contribution in [-0.4, -0.2) is 48.6 Å². The van der Waals surface area contributed by atoms with Crippen molar-refractivity contribution in [3.05, 3.63) is 30.1 Å². The van der Waals surface area contributed by atoms with Gasteiger partial charge < -0.3 is 15.1 Å². The molecule has 2 aliphatic heterocycles. The summed E-state index contributed by atoms with van der Waals surface area (Å²) in [6.07, 6.45) is 4.75. The molecular formula is C19H28FN3O. The Morgan fingerprint density at radius 2 is 1.88 bits per heavy atom. The van der Waals surface area contributed by atoms with Gasteiger partial charge in [-0.25, -0.2) is 9.18 Å². The maximum atomic E-state index is 13.2. The Labute approximate surface area is 144 Å². The number of piperidine rings is 2. The Bertz CT molecular complexity index is 549. The molecule has 5 heteroatoms. The quantitative estimate of drug-likeness (QED) is 0.913. The molecule has 0 spiro atoms. The van der Waals surface area contributed by atoms with Crippen molar-refractivity contribution >= 4 is 11.7 Å².